The van der Waals surface area contributed by atoms with Crippen molar-refractivity contribution in [2.75, 3.05) is 25.9 Å². The lowest BCUT2D eigenvalue weighted by atomic mass is 9.91. The van der Waals surface area contributed by atoms with Gasteiger partial charge in [-0.05, 0) is 94.2 Å². The average Bonchev–Trinajstić information content (AvgIpc) is 3.82. The van der Waals surface area contributed by atoms with Crippen molar-refractivity contribution in [1.29, 1.82) is 0 Å². The maximum atomic E-state index is 13.0. The first-order chi connectivity index (χ1) is 23.4. The van der Waals surface area contributed by atoms with Crippen LogP contribution >= 0.6 is 31.5 Å². The van der Waals surface area contributed by atoms with Crippen LogP contribution in [0, 0.1) is 6.92 Å². The number of carbonyl (C=O) groups is 2. The molecule has 0 saturated carbocycles. The molecule has 2 aliphatic heterocycles. The summed E-state index contributed by atoms with van der Waals surface area (Å²) in [5.41, 5.74) is 6.22. The summed E-state index contributed by atoms with van der Waals surface area (Å²) < 4.78 is 14.7. The van der Waals surface area contributed by atoms with E-state index in [1.165, 1.54) is 0 Å². The SMILES string of the molecule is Cc1cc2nc(-c3ccc4c(c3)c(C3CCN(C(=O)[C@@H]5OCCP5)CC3)nn4C)sc2c(-c2ccc(Cl)cc2)c1[C@H](OC(C)(C)C)C(=O)O. The summed E-state index contributed by atoms with van der Waals surface area (Å²) in [6, 6.07) is 15.8. The Balaban J connectivity index is 1.28. The molecule has 3 atom stereocenters. The number of ether oxygens (including phenoxy) is 2. The van der Waals surface area contributed by atoms with Gasteiger partial charge in [-0.15, -0.1) is 11.3 Å². The number of halogens is 1. The van der Waals surface area contributed by atoms with E-state index >= 15 is 0 Å². The van der Waals surface area contributed by atoms with Crippen LogP contribution in [-0.2, 0) is 26.1 Å². The number of carboxylic acids is 1. The smallest absolute Gasteiger partial charge is 0.337 e. The van der Waals surface area contributed by atoms with Crippen LogP contribution in [0.2, 0.25) is 5.02 Å². The van der Waals surface area contributed by atoms with Crippen molar-refractivity contribution in [2.24, 2.45) is 7.05 Å². The minimum absolute atomic E-state index is 0.134. The number of carboxylic acid groups (broad SMARTS) is 1. The molecule has 0 bridgehead atoms. The fourth-order valence-electron chi connectivity index (χ4n) is 7.01. The van der Waals surface area contributed by atoms with Crippen LogP contribution in [0.4, 0.5) is 0 Å². The van der Waals surface area contributed by atoms with Gasteiger partial charge in [-0.3, -0.25) is 9.48 Å². The lowest BCUT2D eigenvalue weighted by Crippen LogP contribution is -2.42. The maximum absolute atomic E-state index is 13.0. The van der Waals surface area contributed by atoms with E-state index in [9.17, 15) is 14.7 Å². The lowest BCUT2D eigenvalue weighted by molar-refractivity contribution is -0.160. The molecule has 2 saturated heterocycles. The molecule has 256 valence electrons. The lowest BCUT2D eigenvalue weighted by Gasteiger charge is -2.32. The molecule has 7 rings (SSSR count). The molecule has 1 N–H and O–H groups in total. The number of hydrogen-bond acceptors (Lipinski definition) is 7. The first kappa shape index (κ1) is 34.1. The van der Waals surface area contributed by atoms with Crippen LogP contribution in [0.15, 0.2) is 48.5 Å². The number of aromatic nitrogens is 3. The summed E-state index contributed by atoms with van der Waals surface area (Å²) in [6.07, 6.45) is 1.50. The Morgan fingerprint density at radius 2 is 1.82 bits per heavy atom. The molecule has 2 fully saturated rings. The Hall–Kier alpha value is -3.40. The molecule has 0 radical (unpaired) electrons. The molecule has 1 unspecified atom stereocenters. The summed E-state index contributed by atoms with van der Waals surface area (Å²) in [6.45, 7) is 9.59. The molecule has 9 nitrogen and oxygen atoms in total. The Morgan fingerprint density at radius 1 is 1.10 bits per heavy atom. The number of aryl methyl sites for hydroxylation is 2. The zero-order chi connectivity index (χ0) is 34.6. The van der Waals surface area contributed by atoms with Crippen LogP contribution in [0.25, 0.3) is 42.8 Å². The number of fused-ring (bicyclic) bond motifs is 2. The van der Waals surface area contributed by atoms with Crippen LogP contribution in [0.3, 0.4) is 0 Å². The van der Waals surface area contributed by atoms with E-state index in [1.807, 2.05) is 74.7 Å². The largest absolute Gasteiger partial charge is 0.479 e. The van der Waals surface area contributed by atoms with E-state index in [2.05, 4.69) is 18.2 Å². The van der Waals surface area contributed by atoms with Crippen molar-refractivity contribution in [3.05, 3.63) is 70.4 Å². The van der Waals surface area contributed by atoms with Gasteiger partial charge in [0.2, 0.25) is 0 Å². The molecule has 5 aromatic rings. The van der Waals surface area contributed by atoms with Gasteiger partial charge in [-0.2, -0.15) is 5.10 Å². The summed E-state index contributed by atoms with van der Waals surface area (Å²) in [5, 5.41) is 17.9. The molecular weight excluding hydrogens is 679 g/mol. The van der Waals surface area contributed by atoms with Crippen molar-refractivity contribution in [1.82, 2.24) is 19.7 Å². The highest BCUT2D eigenvalue weighted by atomic mass is 35.5. The van der Waals surface area contributed by atoms with Crippen LogP contribution < -0.4 is 0 Å². The van der Waals surface area contributed by atoms with Crippen molar-refractivity contribution < 1.29 is 24.2 Å². The van der Waals surface area contributed by atoms with Gasteiger partial charge < -0.3 is 19.5 Å². The standard InChI is InChI=1S/C37H40ClN4O5PS/c1-20-18-26-32(29(21-6-9-24(38)10-7-21)28(20)31(35(44)45)47-37(2,3)4)49-33(39-26)23-8-11-27-25(19-23)30(40-41(27)5)22-12-14-42(15-13-22)34(43)36-46-16-17-48-36/h6-11,18-19,22,31,36,48H,12-17H2,1-5H3,(H,44,45)/t31-,36+/m0/s1. The highest BCUT2D eigenvalue weighted by Crippen LogP contribution is 2.45. The number of hydrogen-bond donors (Lipinski definition) is 1. The minimum atomic E-state index is -1.18. The summed E-state index contributed by atoms with van der Waals surface area (Å²) in [4.78, 5) is 32.8. The van der Waals surface area contributed by atoms with Gasteiger partial charge in [-0.1, -0.05) is 32.3 Å². The number of aliphatic carboxylic acids is 1. The second kappa shape index (κ2) is 13.4. The predicted octanol–water partition coefficient (Wildman–Crippen LogP) is 8.16. The normalized spacial score (nSPS) is 18.6. The van der Waals surface area contributed by atoms with Crippen LogP contribution in [0.5, 0.6) is 0 Å². The Labute approximate surface area is 296 Å². The van der Waals surface area contributed by atoms with Gasteiger partial charge in [0, 0.05) is 53.2 Å². The van der Waals surface area contributed by atoms with Crippen molar-refractivity contribution in [2.45, 2.75) is 64.0 Å². The second-order valence-corrected chi connectivity index (χ2v) is 16.7. The molecule has 0 spiro atoms. The number of nitrogens with zero attached hydrogens (tertiary/aromatic N) is 4. The Morgan fingerprint density at radius 3 is 2.47 bits per heavy atom. The highest BCUT2D eigenvalue weighted by molar-refractivity contribution is 7.40. The van der Waals surface area contributed by atoms with Crippen LogP contribution in [-0.4, -0.2) is 74.0 Å². The number of piperidine rings is 1. The quantitative estimate of drug-likeness (QED) is 0.169. The number of amides is 1. The molecule has 2 aromatic heterocycles. The zero-order valence-corrected chi connectivity index (χ0v) is 30.8. The molecular formula is C37H40ClN4O5PS. The monoisotopic (exact) mass is 718 g/mol. The predicted molar refractivity (Wildman–Crippen MR) is 197 cm³/mol. The number of likely N-dealkylation sites (tertiary alicyclic amines) is 1. The number of carbonyl (C=O) groups excluding carboxylic acids is 1. The summed E-state index contributed by atoms with van der Waals surface area (Å²) >= 11 is 7.82. The third-order valence-corrected chi connectivity index (χ3v) is 11.9. The fraction of sp³-hybridized carbons (Fsp3) is 0.405. The topological polar surface area (TPSA) is 107 Å². The maximum Gasteiger partial charge on any atom is 0.337 e. The molecule has 4 heterocycles. The molecule has 1 amide bonds. The number of benzene rings is 3. The summed E-state index contributed by atoms with van der Waals surface area (Å²) in [5.74, 6) is -0.934. The van der Waals surface area contributed by atoms with Crippen molar-refractivity contribution >= 4 is 64.5 Å². The third-order valence-electron chi connectivity index (χ3n) is 9.28. The Kier molecular flexibility index (Phi) is 9.30. The van der Waals surface area contributed by atoms with E-state index in [0.29, 0.717) is 38.9 Å². The highest BCUT2D eigenvalue weighted by Gasteiger charge is 2.34. The molecule has 0 aliphatic carbocycles. The first-order valence-electron chi connectivity index (χ1n) is 16.6. The van der Waals surface area contributed by atoms with Crippen molar-refractivity contribution in [3.8, 4) is 21.7 Å². The van der Waals surface area contributed by atoms with Crippen LogP contribution in [0.1, 0.15) is 62.5 Å². The van der Waals surface area contributed by atoms with Gasteiger partial charge in [0.1, 0.15) is 5.01 Å². The van der Waals surface area contributed by atoms with Gasteiger partial charge in [-0.25, -0.2) is 9.78 Å². The van der Waals surface area contributed by atoms with E-state index < -0.39 is 17.7 Å². The third kappa shape index (κ3) is 6.74. The molecule has 49 heavy (non-hydrogen) atoms. The molecule has 2 aliphatic rings. The molecule has 3 aromatic carbocycles. The zero-order valence-electron chi connectivity index (χ0n) is 28.2. The van der Waals surface area contributed by atoms with E-state index in [4.69, 9.17) is 31.2 Å². The first-order valence-corrected chi connectivity index (χ1v) is 19.1. The van der Waals surface area contributed by atoms with Gasteiger partial charge >= 0.3 is 5.97 Å². The minimum Gasteiger partial charge on any atom is -0.479 e. The average molecular weight is 719 g/mol. The summed E-state index contributed by atoms with van der Waals surface area (Å²) in [7, 11) is 2.53. The Bertz CT molecular complexity index is 2060. The van der Waals surface area contributed by atoms with Gasteiger partial charge in [0.25, 0.3) is 5.91 Å². The second-order valence-electron chi connectivity index (χ2n) is 13.9. The van der Waals surface area contributed by atoms with E-state index in [0.717, 1.165) is 73.1 Å². The number of thiazole rings is 1. The van der Waals surface area contributed by atoms with E-state index in [-0.39, 0.29) is 17.7 Å². The van der Waals surface area contributed by atoms with Gasteiger partial charge in [0.05, 0.1) is 33.6 Å². The fourth-order valence-corrected chi connectivity index (χ4v) is 9.35. The van der Waals surface area contributed by atoms with Crippen molar-refractivity contribution in [3.63, 3.8) is 0 Å². The van der Waals surface area contributed by atoms with Gasteiger partial charge in [0.15, 0.2) is 11.9 Å². The van der Waals surface area contributed by atoms with E-state index in [1.54, 1.807) is 11.3 Å². The number of rotatable bonds is 7. The molecule has 12 heteroatoms.